The number of carboxylic acids is 1. The van der Waals surface area contributed by atoms with Crippen LogP contribution in [-0.4, -0.2) is 27.9 Å². The van der Waals surface area contributed by atoms with E-state index in [9.17, 15) is 23.1 Å². The molecule has 1 aromatic rings. The molecule has 0 radical (unpaired) electrons. The SMILES string of the molecule is N[C@@H](CO)c1c(C(F)(F)F)ccc(C(=O)O)c1O. The predicted molar refractivity (Wildman–Crippen MR) is 54.1 cm³/mol. The van der Waals surface area contributed by atoms with Crippen LogP contribution in [0.5, 0.6) is 5.75 Å². The molecule has 5 nitrogen and oxygen atoms in total. The van der Waals surface area contributed by atoms with Crippen molar-refractivity contribution in [2.24, 2.45) is 5.73 Å². The second kappa shape index (κ2) is 4.83. The number of carbonyl (C=O) groups is 1. The van der Waals surface area contributed by atoms with Crippen LogP contribution in [0.3, 0.4) is 0 Å². The van der Waals surface area contributed by atoms with Crippen LogP contribution in [0.25, 0.3) is 0 Å². The second-order valence-corrected chi connectivity index (χ2v) is 3.51. The maximum Gasteiger partial charge on any atom is 0.416 e. The molecular weight excluding hydrogens is 255 g/mol. The Hall–Kier alpha value is -1.80. The maximum absolute atomic E-state index is 12.7. The first kappa shape index (κ1) is 14.3. The molecule has 1 atom stereocenters. The summed E-state index contributed by atoms with van der Waals surface area (Å²) in [7, 11) is 0. The summed E-state index contributed by atoms with van der Waals surface area (Å²) in [6.07, 6.45) is -4.81. The zero-order chi connectivity index (χ0) is 14.1. The molecule has 5 N–H and O–H groups in total. The molecule has 0 spiro atoms. The molecule has 8 heteroatoms. The minimum Gasteiger partial charge on any atom is -0.507 e. The number of hydrogen-bond donors (Lipinski definition) is 4. The lowest BCUT2D eigenvalue weighted by Gasteiger charge is -2.19. The highest BCUT2D eigenvalue weighted by molar-refractivity contribution is 5.91. The largest absolute Gasteiger partial charge is 0.507 e. The molecule has 0 heterocycles. The number of benzene rings is 1. The number of nitrogens with two attached hydrogens (primary N) is 1. The topological polar surface area (TPSA) is 104 Å². The summed E-state index contributed by atoms with van der Waals surface area (Å²) in [5.41, 5.74) is 2.45. The highest BCUT2D eigenvalue weighted by atomic mass is 19.4. The number of aliphatic hydroxyl groups is 1. The van der Waals surface area contributed by atoms with Crippen LogP contribution < -0.4 is 5.73 Å². The lowest BCUT2D eigenvalue weighted by atomic mass is 9.96. The third-order valence-electron chi connectivity index (χ3n) is 2.32. The van der Waals surface area contributed by atoms with Crippen molar-refractivity contribution in [1.29, 1.82) is 0 Å². The Bertz CT molecular complexity index is 473. The van der Waals surface area contributed by atoms with Gasteiger partial charge in [0.1, 0.15) is 11.3 Å². The summed E-state index contributed by atoms with van der Waals surface area (Å²) in [4.78, 5) is 10.7. The molecule has 1 aromatic carbocycles. The van der Waals surface area contributed by atoms with Crippen LogP contribution in [-0.2, 0) is 6.18 Å². The number of carboxylic acid groups (broad SMARTS) is 1. The Kier molecular flexibility index (Phi) is 3.82. The van der Waals surface area contributed by atoms with E-state index < -0.39 is 47.2 Å². The standard InChI is InChI=1S/C10H10F3NO4/c11-10(12,13)5-2-1-4(9(17)18)8(16)7(5)6(14)3-15/h1-2,6,15-16H,3,14H2,(H,17,18)/t6-/m0/s1. The van der Waals surface area contributed by atoms with Gasteiger partial charge in [-0.15, -0.1) is 0 Å². The summed E-state index contributed by atoms with van der Waals surface area (Å²) >= 11 is 0. The zero-order valence-electron chi connectivity index (χ0n) is 8.90. The van der Waals surface area contributed by atoms with E-state index in [0.29, 0.717) is 12.1 Å². The van der Waals surface area contributed by atoms with E-state index in [2.05, 4.69) is 0 Å². The number of aromatic carboxylic acids is 1. The van der Waals surface area contributed by atoms with Crippen LogP contribution in [0.4, 0.5) is 13.2 Å². The minimum atomic E-state index is -4.81. The number of phenols is 1. The fourth-order valence-corrected chi connectivity index (χ4v) is 1.49. The molecule has 0 aliphatic rings. The van der Waals surface area contributed by atoms with Gasteiger partial charge in [0.15, 0.2) is 0 Å². The van der Waals surface area contributed by atoms with Gasteiger partial charge in [0.2, 0.25) is 0 Å². The van der Waals surface area contributed by atoms with Gasteiger partial charge in [-0.05, 0) is 12.1 Å². The first-order valence-electron chi connectivity index (χ1n) is 4.73. The van der Waals surface area contributed by atoms with Gasteiger partial charge in [-0.2, -0.15) is 13.2 Å². The Morgan fingerprint density at radius 1 is 1.39 bits per heavy atom. The average molecular weight is 265 g/mol. The Balaban J connectivity index is 3.57. The fourth-order valence-electron chi connectivity index (χ4n) is 1.49. The summed E-state index contributed by atoms with van der Waals surface area (Å²) in [6.45, 7) is -0.861. The lowest BCUT2D eigenvalue weighted by molar-refractivity contribution is -0.138. The quantitative estimate of drug-likeness (QED) is 0.655. The van der Waals surface area contributed by atoms with E-state index in [4.69, 9.17) is 15.9 Å². The normalized spacial score (nSPS) is 13.4. The Morgan fingerprint density at radius 2 is 1.94 bits per heavy atom. The van der Waals surface area contributed by atoms with Crippen molar-refractivity contribution in [1.82, 2.24) is 0 Å². The molecule has 0 bridgehead atoms. The van der Waals surface area contributed by atoms with Gasteiger partial charge in [0, 0.05) is 5.56 Å². The van der Waals surface area contributed by atoms with E-state index in [1.54, 1.807) is 0 Å². The molecule has 100 valence electrons. The third-order valence-corrected chi connectivity index (χ3v) is 2.32. The van der Waals surface area contributed by atoms with Gasteiger partial charge in [-0.1, -0.05) is 0 Å². The van der Waals surface area contributed by atoms with Crippen molar-refractivity contribution < 1.29 is 33.3 Å². The summed E-state index contributed by atoms with van der Waals surface area (Å²) < 4.78 is 38.0. The minimum absolute atomic E-state index is 0.508. The maximum atomic E-state index is 12.7. The molecule has 0 aliphatic carbocycles. The number of aliphatic hydroxyl groups excluding tert-OH is 1. The zero-order valence-corrected chi connectivity index (χ0v) is 8.90. The molecule has 0 unspecified atom stereocenters. The summed E-state index contributed by atoms with van der Waals surface area (Å²) in [5, 5.41) is 27.0. The predicted octanol–water partition coefficient (Wildman–Crippen LogP) is 1.10. The molecule has 0 fully saturated rings. The molecule has 0 aromatic heterocycles. The first-order chi connectivity index (χ1) is 8.20. The number of hydrogen-bond acceptors (Lipinski definition) is 4. The van der Waals surface area contributed by atoms with Crippen molar-refractivity contribution in [3.8, 4) is 5.75 Å². The van der Waals surface area contributed by atoms with Gasteiger partial charge >= 0.3 is 12.1 Å². The van der Waals surface area contributed by atoms with Crippen molar-refractivity contribution in [2.75, 3.05) is 6.61 Å². The molecule has 1 rings (SSSR count). The van der Waals surface area contributed by atoms with Crippen LogP contribution in [0, 0.1) is 0 Å². The lowest BCUT2D eigenvalue weighted by Crippen LogP contribution is -2.21. The van der Waals surface area contributed by atoms with E-state index in [-0.39, 0.29) is 0 Å². The smallest absolute Gasteiger partial charge is 0.416 e. The van der Waals surface area contributed by atoms with Crippen molar-refractivity contribution >= 4 is 5.97 Å². The molecule has 0 saturated carbocycles. The summed E-state index contributed by atoms with van der Waals surface area (Å²) in [5.74, 6) is -2.67. The van der Waals surface area contributed by atoms with Gasteiger partial charge in [0.05, 0.1) is 18.2 Å². The highest BCUT2D eigenvalue weighted by Gasteiger charge is 2.37. The number of rotatable bonds is 3. The number of alkyl halides is 3. The monoisotopic (exact) mass is 265 g/mol. The van der Waals surface area contributed by atoms with Gasteiger partial charge in [-0.3, -0.25) is 0 Å². The van der Waals surface area contributed by atoms with Crippen LogP contribution in [0.1, 0.15) is 27.5 Å². The van der Waals surface area contributed by atoms with E-state index in [1.807, 2.05) is 0 Å². The number of aromatic hydroxyl groups is 1. The van der Waals surface area contributed by atoms with Crippen LogP contribution in [0.2, 0.25) is 0 Å². The molecule has 0 aliphatic heterocycles. The van der Waals surface area contributed by atoms with Crippen LogP contribution in [0.15, 0.2) is 12.1 Å². The van der Waals surface area contributed by atoms with Gasteiger partial charge in [-0.25, -0.2) is 4.79 Å². The molecule has 0 amide bonds. The van der Waals surface area contributed by atoms with Crippen molar-refractivity contribution in [3.63, 3.8) is 0 Å². The van der Waals surface area contributed by atoms with Crippen molar-refractivity contribution in [3.05, 3.63) is 28.8 Å². The Labute approximate surface area is 99.3 Å². The van der Waals surface area contributed by atoms with Gasteiger partial charge in [0.25, 0.3) is 0 Å². The third kappa shape index (κ3) is 2.54. The first-order valence-corrected chi connectivity index (χ1v) is 4.73. The molecule has 18 heavy (non-hydrogen) atoms. The fraction of sp³-hybridized carbons (Fsp3) is 0.300. The molecular formula is C10H10F3NO4. The summed E-state index contributed by atoms with van der Waals surface area (Å²) in [6, 6.07) is -0.386. The van der Waals surface area contributed by atoms with E-state index in [0.717, 1.165) is 0 Å². The highest BCUT2D eigenvalue weighted by Crippen LogP contribution is 2.39. The number of halogens is 3. The van der Waals surface area contributed by atoms with E-state index >= 15 is 0 Å². The van der Waals surface area contributed by atoms with Gasteiger partial charge < -0.3 is 21.1 Å². The van der Waals surface area contributed by atoms with E-state index in [1.165, 1.54) is 0 Å². The second-order valence-electron chi connectivity index (χ2n) is 3.51. The molecule has 0 saturated heterocycles. The Morgan fingerprint density at radius 3 is 2.33 bits per heavy atom. The van der Waals surface area contributed by atoms with Crippen LogP contribution >= 0.6 is 0 Å². The van der Waals surface area contributed by atoms with Crippen molar-refractivity contribution in [2.45, 2.75) is 12.2 Å². The average Bonchev–Trinajstić information content (AvgIpc) is 2.25.